The molecule has 0 aromatic carbocycles. The van der Waals surface area contributed by atoms with Crippen LogP contribution < -0.4 is 0 Å². The highest BCUT2D eigenvalue weighted by molar-refractivity contribution is 5.90. The van der Waals surface area contributed by atoms with E-state index in [0.29, 0.717) is 5.82 Å². The van der Waals surface area contributed by atoms with Crippen molar-refractivity contribution >= 4 is 5.91 Å². The highest BCUT2D eigenvalue weighted by Gasteiger charge is 2.14. The third kappa shape index (κ3) is 2.06. The first-order valence-electron chi connectivity index (χ1n) is 3.73. The van der Waals surface area contributed by atoms with Crippen LogP contribution in [0.4, 0.5) is 0 Å². The summed E-state index contributed by atoms with van der Waals surface area (Å²) >= 11 is 0. The maximum atomic E-state index is 11.4. The minimum Gasteiger partial charge on any atom is -0.328 e. The standard InChI is InChI=1S/C8H10N4O/c1-4-5-12(3)8(13)7-9-6(2)10-11-7/h1H,5H2,2-3H3,(H,9,10,11). The number of carbonyl (C=O) groups excluding carboxylic acids is 1. The molecule has 0 fully saturated rings. The van der Waals surface area contributed by atoms with Crippen molar-refractivity contribution in [2.24, 2.45) is 0 Å². The lowest BCUT2D eigenvalue weighted by Crippen LogP contribution is -2.27. The van der Waals surface area contributed by atoms with Gasteiger partial charge >= 0.3 is 0 Å². The molecule has 5 heteroatoms. The van der Waals surface area contributed by atoms with E-state index in [4.69, 9.17) is 6.42 Å². The Morgan fingerprint density at radius 3 is 2.92 bits per heavy atom. The fourth-order valence-electron chi connectivity index (χ4n) is 0.818. The number of aromatic nitrogens is 3. The predicted octanol–water partition coefficient (Wildman–Crippen LogP) is -0.182. The van der Waals surface area contributed by atoms with Crippen LogP contribution in [0.3, 0.4) is 0 Å². The predicted molar refractivity (Wildman–Crippen MR) is 46.9 cm³/mol. The lowest BCUT2D eigenvalue weighted by Gasteiger charge is -2.10. The van der Waals surface area contributed by atoms with Gasteiger partial charge in [-0.1, -0.05) is 5.92 Å². The summed E-state index contributed by atoms with van der Waals surface area (Å²) < 4.78 is 0. The van der Waals surface area contributed by atoms with Gasteiger partial charge in [-0.25, -0.2) is 4.98 Å². The molecule has 68 valence electrons. The molecule has 5 nitrogen and oxygen atoms in total. The Kier molecular flexibility index (Phi) is 2.65. The molecule has 0 saturated heterocycles. The van der Waals surface area contributed by atoms with Crippen molar-refractivity contribution in [3.05, 3.63) is 11.6 Å². The van der Waals surface area contributed by atoms with Crippen LogP contribution in [-0.4, -0.2) is 39.6 Å². The Hall–Kier alpha value is -1.83. The summed E-state index contributed by atoms with van der Waals surface area (Å²) in [6.45, 7) is 1.98. The van der Waals surface area contributed by atoms with Gasteiger partial charge in [-0.15, -0.1) is 11.5 Å². The Morgan fingerprint density at radius 2 is 2.46 bits per heavy atom. The molecule has 0 atom stereocenters. The SMILES string of the molecule is C#CCN(C)C(=O)c1n[nH]c(C)n1. The van der Waals surface area contributed by atoms with Crippen LogP contribution in [0.5, 0.6) is 0 Å². The lowest BCUT2D eigenvalue weighted by molar-refractivity contribution is 0.0801. The Balaban J connectivity index is 2.74. The first-order chi connectivity index (χ1) is 6.15. The third-order valence-electron chi connectivity index (χ3n) is 1.46. The van der Waals surface area contributed by atoms with Crippen molar-refractivity contribution in [2.75, 3.05) is 13.6 Å². The van der Waals surface area contributed by atoms with Crippen LogP contribution in [0.25, 0.3) is 0 Å². The smallest absolute Gasteiger partial charge is 0.294 e. The third-order valence-corrected chi connectivity index (χ3v) is 1.46. The molecule has 1 N–H and O–H groups in total. The second-order valence-corrected chi connectivity index (χ2v) is 2.61. The molecule has 13 heavy (non-hydrogen) atoms. The number of aromatic amines is 1. The van der Waals surface area contributed by atoms with Gasteiger partial charge in [0.15, 0.2) is 0 Å². The Morgan fingerprint density at radius 1 is 1.77 bits per heavy atom. The zero-order valence-corrected chi connectivity index (χ0v) is 7.53. The van der Waals surface area contributed by atoms with Crippen molar-refractivity contribution in [2.45, 2.75) is 6.92 Å². The van der Waals surface area contributed by atoms with Gasteiger partial charge in [0.05, 0.1) is 6.54 Å². The van der Waals surface area contributed by atoms with Crippen LogP contribution in [0.2, 0.25) is 0 Å². The van der Waals surface area contributed by atoms with Gasteiger partial charge in [-0.3, -0.25) is 9.89 Å². The van der Waals surface area contributed by atoms with E-state index in [2.05, 4.69) is 21.1 Å². The van der Waals surface area contributed by atoms with E-state index in [-0.39, 0.29) is 18.3 Å². The summed E-state index contributed by atoms with van der Waals surface area (Å²) in [5.41, 5.74) is 0. The molecule has 0 aliphatic carbocycles. The number of hydrogen-bond acceptors (Lipinski definition) is 3. The average molecular weight is 178 g/mol. The molecule has 1 rings (SSSR count). The highest BCUT2D eigenvalue weighted by Crippen LogP contribution is 1.95. The molecule has 0 bridgehead atoms. The van der Waals surface area contributed by atoms with Gasteiger partial charge < -0.3 is 4.90 Å². The van der Waals surface area contributed by atoms with E-state index in [9.17, 15) is 4.79 Å². The van der Waals surface area contributed by atoms with E-state index in [1.807, 2.05) is 0 Å². The van der Waals surface area contributed by atoms with E-state index >= 15 is 0 Å². The Labute approximate surface area is 76.2 Å². The fourth-order valence-corrected chi connectivity index (χ4v) is 0.818. The molecule has 1 aromatic heterocycles. The van der Waals surface area contributed by atoms with Crippen molar-refractivity contribution in [3.8, 4) is 12.3 Å². The summed E-state index contributed by atoms with van der Waals surface area (Å²) in [6, 6.07) is 0. The van der Waals surface area contributed by atoms with Gasteiger partial charge in [-0.2, -0.15) is 0 Å². The number of nitrogens with one attached hydrogen (secondary N) is 1. The van der Waals surface area contributed by atoms with Crippen molar-refractivity contribution in [3.63, 3.8) is 0 Å². The molecule has 1 amide bonds. The minimum atomic E-state index is -0.276. The van der Waals surface area contributed by atoms with Gasteiger partial charge in [0.1, 0.15) is 5.82 Å². The summed E-state index contributed by atoms with van der Waals surface area (Å²) in [5, 5.41) is 6.31. The van der Waals surface area contributed by atoms with Crippen LogP contribution in [0.1, 0.15) is 16.4 Å². The van der Waals surface area contributed by atoms with Gasteiger partial charge in [0.25, 0.3) is 5.91 Å². The molecule has 0 aliphatic heterocycles. The van der Waals surface area contributed by atoms with Crippen molar-refractivity contribution < 1.29 is 4.79 Å². The van der Waals surface area contributed by atoms with Crippen LogP contribution >= 0.6 is 0 Å². The van der Waals surface area contributed by atoms with Gasteiger partial charge in [0.2, 0.25) is 5.82 Å². The number of H-pyrrole nitrogens is 1. The molecule has 1 aromatic rings. The highest BCUT2D eigenvalue weighted by atomic mass is 16.2. The second-order valence-electron chi connectivity index (χ2n) is 2.61. The topological polar surface area (TPSA) is 61.9 Å². The average Bonchev–Trinajstić information content (AvgIpc) is 2.51. The van der Waals surface area contributed by atoms with Crippen LogP contribution in [-0.2, 0) is 0 Å². The molecule has 0 spiro atoms. The molecular formula is C8H10N4O. The van der Waals surface area contributed by atoms with Crippen LogP contribution in [0.15, 0.2) is 0 Å². The zero-order chi connectivity index (χ0) is 9.84. The molecule has 1 heterocycles. The summed E-state index contributed by atoms with van der Waals surface area (Å²) in [5.74, 6) is 2.85. The largest absolute Gasteiger partial charge is 0.328 e. The molecule has 0 saturated carbocycles. The zero-order valence-electron chi connectivity index (χ0n) is 7.53. The molecular weight excluding hydrogens is 168 g/mol. The number of aryl methyl sites for hydroxylation is 1. The minimum absolute atomic E-state index is 0.148. The van der Waals surface area contributed by atoms with Crippen molar-refractivity contribution in [1.29, 1.82) is 0 Å². The molecule has 0 unspecified atom stereocenters. The number of terminal acetylenes is 1. The number of amides is 1. The van der Waals surface area contributed by atoms with E-state index < -0.39 is 0 Å². The fraction of sp³-hybridized carbons (Fsp3) is 0.375. The number of carbonyl (C=O) groups is 1. The number of nitrogens with zero attached hydrogens (tertiary/aromatic N) is 3. The first-order valence-corrected chi connectivity index (χ1v) is 3.73. The Bertz CT molecular complexity index is 349. The quantitative estimate of drug-likeness (QED) is 0.639. The van der Waals surface area contributed by atoms with Gasteiger partial charge in [0, 0.05) is 7.05 Å². The second kappa shape index (κ2) is 3.72. The van der Waals surface area contributed by atoms with Gasteiger partial charge in [-0.05, 0) is 6.92 Å². The normalized spacial score (nSPS) is 9.31. The maximum absolute atomic E-state index is 11.4. The lowest BCUT2D eigenvalue weighted by atomic mass is 10.5. The van der Waals surface area contributed by atoms with E-state index in [1.165, 1.54) is 4.90 Å². The summed E-state index contributed by atoms with van der Waals surface area (Å²) in [6.07, 6.45) is 5.06. The summed E-state index contributed by atoms with van der Waals surface area (Å²) in [7, 11) is 1.61. The van der Waals surface area contributed by atoms with E-state index in [1.54, 1.807) is 14.0 Å². The van der Waals surface area contributed by atoms with Crippen molar-refractivity contribution in [1.82, 2.24) is 20.1 Å². The van der Waals surface area contributed by atoms with E-state index in [0.717, 1.165) is 0 Å². The monoisotopic (exact) mass is 178 g/mol. The molecule has 0 aliphatic rings. The first kappa shape index (κ1) is 9.26. The number of hydrogen-bond donors (Lipinski definition) is 1. The summed E-state index contributed by atoms with van der Waals surface area (Å²) in [4.78, 5) is 16.7. The molecule has 0 radical (unpaired) electrons. The maximum Gasteiger partial charge on any atom is 0.294 e. The number of rotatable bonds is 2. The van der Waals surface area contributed by atoms with Crippen LogP contribution in [0, 0.1) is 19.3 Å².